The van der Waals surface area contributed by atoms with E-state index in [1.54, 1.807) is 18.2 Å². The van der Waals surface area contributed by atoms with Gasteiger partial charge in [0.25, 0.3) is 5.69 Å². The van der Waals surface area contributed by atoms with Crippen molar-refractivity contribution in [1.29, 1.82) is 0 Å². The van der Waals surface area contributed by atoms with Gasteiger partial charge >= 0.3 is 0 Å². The first-order valence-electron chi connectivity index (χ1n) is 5.27. The lowest BCUT2D eigenvalue weighted by Gasteiger charge is -2.12. The number of para-hydroxylation sites is 1. The minimum absolute atomic E-state index is 0.137. The Balaban J connectivity index is 0.000000165. The molecule has 4 nitrogen and oxygen atoms in total. The molecule has 1 saturated heterocycles. The van der Waals surface area contributed by atoms with Crippen LogP contribution in [0.3, 0.4) is 0 Å². The largest absolute Gasteiger partial charge is 0.316 e. The first kappa shape index (κ1) is 12.4. The van der Waals surface area contributed by atoms with E-state index in [1.165, 1.54) is 30.5 Å². The molecule has 1 aromatic rings. The molecular weight excluding hydrogens is 204 g/mol. The van der Waals surface area contributed by atoms with Gasteiger partial charge in [0.15, 0.2) is 0 Å². The summed E-state index contributed by atoms with van der Waals surface area (Å²) in [6.45, 7) is 6.15. The van der Waals surface area contributed by atoms with Crippen molar-refractivity contribution in [3.8, 4) is 0 Å². The summed E-state index contributed by atoms with van der Waals surface area (Å²) < 4.78 is 0. The Kier molecular flexibility index (Phi) is 5.22. The molecule has 4 heteroatoms. The maximum Gasteiger partial charge on any atom is 0.269 e. The van der Waals surface area contributed by atoms with Crippen LogP contribution in [0.1, 0.15) is 12.8 Å². The fourth-order valence-electron chi connectivity index (χ4n) is 1.33. The van der Waals surface area contributed by atoms with Crippen molar-refractivity contribution in [2.24, 2.45) is 0 Å². The molecule has 2 rings (SSSR count). The quantitative estimate of drug-likeness (QED) is 0.449. The van der Waals surface area contributed by atoms with Crippen LogP contribution in [-0.4, -0.2) is 18.0 Å². The average molecular weight is 220 g/mol. The Labute approximate surface area is 95.1 Å². The van der Waals surface area contributed by atoms with Crippen LogP contribution in [0.25, 0.3) is 0 Å². The van der Waals surface area contributed by atoms with Crippen molar-refractivity contribution in [3.63, 3.8) is 0 Å². The number of benzene rings is 1. The Bertz CT molecular complexity index is 341. The zero-order valence-corrected chi connectivity index (χ0v) is 9.19. The van der Waals surface area contributed by atoms with E-state index in [0.29, 0.717) is 0 Å². The average Bonchev–Trinajstić information content (AvgIpc) is 2.32. The van der Waals surface area contributed by atoms with E-state index in [1.807, 2.05) is 0 Å². The maximum atomic E-state index is 10.0. The minimum Gasteiger partial charge on any atom is -0.316 e. The third kappa shape index (κ3) is 4.70. The molecule has 1 N–H and O–H groups in total. The van der Waals surface area contributed by atoms with E-state index >= 15 is 0 Å². The highest BCUT2D eigenvalue weighted by Crippen LogP contribution is 2.06. The summed E-state index contributed by atoms with van der Waals surface area (Å²) in [7, 11) is 0. The number of piperidine rings is 1. The Morgan fingerprint density at radius 1 is 1.19 bits per heavy atom. The zero-order valence-electron chi connectivity index (χ0n) is 9.19. The summed E-state index contributed by atoms with van der Waals surface area (Å²) in [6.07, 6.45) is 2.36. The van der Waals surface area contributed by atoms with Gasteiger partial charge < -0.3 is 5.32 Å². The highest BCUT2D eigenvalue weighted by Gasteiger charge is 1.99. The summed E-state index contributed by atoms with van der Waals surface area (Å²) in [4.78, 5) is 9.59. The number of nitrogens with zero attached hydrogens (tertiary/aromatic N) is 1. The van der Waals surface area contributed by atoms with Gasteiger partial charge in [-0.1, -0.05) is 30.4 Å². The van der Waals surface area contributed by atoms with Crippen LogP contribution < -0.4 is 5.32 Å². The molecule has 0 aromatic heterocycles. The number of hydrogen-bond donors (Lipinski definition) is 1. The molecule has 1 heterocycles. The van der Waals surface area contributed by atoms with Crippen molar-refractivity contribution in [2.45, 2.75) is 12.8 Å². The molecule has 0 radical (unpaired) electrons. The van der Waals surface area contributed by atoms with Crippen molar-refractivity contribution in [3.05, 3.63) is 52.6 Å². The highest BCUT2D eigenvalue weighted by atomic mass is 16.6. The third-order valence-corrected chi connectivity index (χ3v) is 2.28. The lowest BCUT2D eigenvalue weighted by atomic mass is 10.1. The molecule has 1 fully saturated rings. The van der Waals surface area contributed by atoms with Crippen LogP contribution in [0, 0.1) is 10.1 Å². The summed E-state index contributed by atoms with van der Waals surface area (Å²) in [5, 5.41) is 13.3. The lowest BCUT2D eigenvalue weighted by molar-refractivity contribution is -0.384. The van der Waals surface area contributed by atoms with Crippen molar-refractivity contribution >= 4 is 5.69 Å². The lowest BCUT2D eigenvalue weighted by Crippen LogP contribution is -2.22. The fraction of sp³-hybridized carbons (Fsp3) is 0.333. The standard InChI is InChI=1S/C6H5NO2.C6H11N/c8-7(9)6-4-2-1-3-5-6;1-6-2-4-7-5-3-6/h1-5H;7H,1-5H2. The van der Waals surface area contributed by atoms with Gasteiger partial charge in [-0.3, -0.25) is 10.1 Å². The smallest absolute Gasteiger partial charge is 0.269 e. The van der Waals surface area contributed by atoms with Crippen LogP contribution in [0.4, 0.5) is 5.69 Å². The molecule has 16 heavy (non-hydrogen) atoms. The maximum absolute atomic E-state index is 10.0. The topological polar surface area (TPSA) is 55.2 Å². The molecule has 1 aliphatic heterocycles. The van der Waals surface area contributed by atoms with Crippen LogP contribution in [0.2, 0.25) is 0 Å². The number of hydrogen-bond acceptors (Lipinski definition) is 3. The SMILES string of the molecule is C=C1CCNCC1.O=[N+]([O-])c1ccccc1. The first-order chi connectivity index (χ1) is 7.70. The molecule has 0 saturated carbocycles. The number of non-ortho nitro benzene ring substituents is 1. The second kappa shape index (κ2) is 6.74. The molecule has 1 aliphatic rings. The first-order valence-corrected chi connectivity index (χ1v) is 5.27. The van der Waals surface area contributed by atoms with E-state index in [9.17, 15) is 10.1 Å². The van der Waals surface area contributed by atoms with Gasteiger partial charge in [-0.25, -0.2) is 0 Å². The molecule has 86 valence electrons. The number of nitro groups is 1. The third-order valence-electron chi connectivity index (χ3n) is 2.28. The minimum atomic E-state index is -0.417. The molecule has 0 bridgehead atoms. The van der Waals surface area contributed by atoms with Crippen LogP contribution in [0.15, 0.2) is 42.5 Å². The van der Waals surface area contributed by atoms with Crippen molar-refractivity contribution in [1.82, 2.24) is 5.32 Å². The Morgan fingerprint density at radius 2 is 1.75 bits per heavy atom. The predicted molar refractivity (Wildman–Crippen MR) is 64.3 cm³/mol. The van der Waals surface area contributed by atoms with Crippen molar-refractivity contribution in [2.75, 3.05) is 13.1 Å². The monoisotopic (exact) mass is 220 g/mol. The van der Waals surface area contributed by atoms with Gasteiger partial charge in [0.1, 0.15) is 0 Å². The fourth-order valence-corrected chi connectivity index (χ4v) is 1.33. The Hall–Kier alpha value is -1.68. The predicted octanol–water partition coefficient (Wildman–Crippen LogP) is 2.52. The molecule has 0 aliphatic carbocycles. The number of nitrogens with one attached hydrogen (secondary N) is 1. The van der Waals surface area contributed by atoms with Gasteiger partial charge in [0.2, 0.25) is 0 Å². The van der Waals surface area contributed by atoms with Crippen LogP contribution >= 0.6 is 0 Å². The molecule has 0 unspecified atom stereocenters. The summed E-state index contributed by atoms with van der Waals surface area (Å²) in [6, 6.07) is 7.93. The second-order valence-electron chi connectivity index (χ2n) is 3.59. The second-order valence-corrected chi connectivity index (χ2v) is 3.59. The van der Waals surface area contributed by atoms with Gasteiger partial charge in [-0.05, 0) is 25.9 Å². The van der Waals surface area contributed by atoms with E-state index in [2.05, 4.69) is 11.9 Å². The molecule has 0 spiro atoms. The number of rotatable bonds is 1. The van der Waals surface area contributed by atoms with Gasteiger partial charge in [0.05, 0.1) is 4.92 Å². The highest BCUT2D eigenvalue weighted by molar-refractivity contribution is 5.27. The zero-order chi connectivity index (χ0) is 11.8. The van der Waals surface area contributed by atoms with Gasteiger partial charge in [0, 0.05) is 12.1 Å². The van der Waals surface area contributed by atoms with E-state index in [0.717, 1.165) is 13.1 Å². The van der Waals surface area contributed by atoms with E-state index < -0.39 is 4.92 Å². The van der Waals surface area contributed by atoms with Crippen LogP contribution in [0.5, 0.6) is 0 Å². The van der Waals surface area contributed by atoms with Crippen molar-refractivity contribution < 1.29 is 4.92 Å². The van der Waals surface area contributed by atoms with Gasteiger partial charge in [-0.2, -0.15) is 0 Å². The molecule has 0 atom stereocenters. The van der Waals surface area contributed by atoms with Gasteiger partial charge in [-0.15, -0.1) is 0 Å². The molecule has 1 aromatic carbocycles. The summed E-state index contributed by atoms with van der Waals surface area (Å²) in [5.74, 6) is 0. The summed E-state index contributed by atoms with van der Waals surface area (Å²) >= 11 is 0. The van der Waals surface area contributed by atoms with E-state index in [4.69, 9.17) is 0 Å². The van der Waals surface area contributed by atoms with Crippen LogP contribution in [-0.2, 0) is 0 Å². The molecular formula is C12H16N2O2. The molecule has 0 amide bonds. The van der Waals surface area contributed by atoms with E-state index in [-0.39, 0.29) is 5.69 Å². The normalized spacial score (nSPS) is 14.9. The summed E-state index contributed by atoms with van der Waals surface area (Å²) in [5.41, 5.74) is 1.54. The number of nitro benzene ring substituents is 1. The Morgan fingerprint density at radius 3 is 2.06 bits per heavy atom.